The molecule has 2 rings (SSSR count). The van der Waals surface area contributed by atoms with Crippen molar-refractivity contribution >= 4 is 5.97 Å². The second-order valence-corrected chi connectivity index (χ2v) is 5.10. The van der Waals surface area contributed by atoms with E-state index in [1.54, 1.807) is 6.92 Å². The van der Waals surface area contributed by atoms with Gasteiger partial charge in [0.15, 0.2) is 17.4 Å². The zero-order chi connectivity index (χ0) is 18.7. The molecular weight excluding hydrogens is 334 g/mol. The highest BCUT2D eigenvalue weighted by molar-refractivity contribution is 5.92. The molecule has 1 aliphatic rings. The summed E-state index contributed by atoms with van der Waals surface area (Å²) in [4.78, 5) is 12.3. The van der Waals surface area contributed by atoms with Crippen molar-refractivity contribution in [3.63, 3.8) is 0 Å². The molecule has 0 amide bonds. The predicted octanol–water partition coefficient (Wildman–Crippen LogP) is 2.62. The predicted molar refractivity (Wildman–Crippen MR) is 82.9 cm³/mol. The highest BCUT2D eigenvalue weighted by Gasteiger charge is 2.38. The molecule has 6 nitrogen and oxygen atoms in total. The van der Waals surface area contributed by atoms with Crippen LogP contribution in [0.1, 0.15) is 25.3 Å². The Hall–Kier alpha value is -3.08. The van der Waals surface area contributed by atoms with Gasteiger partial charge in [0.1, 0.15) is 17.4 Å². The SMILES string of the molecule is CCOC(=O)C1=C(C)OC(N)=C(C#N)C1c1ccc(F)c(OC)c1F. The Morgan fingerprint density at radius 3 is 2.68 bits per heavy atom. The van der Waals surface area contributed by atoms with Gasteiger partial charge < -0.3 is 19.9 Å². The third kappa shape index (κ3) is 3.13. The van der Waals surface area contributed by atoms with E-state index in [0.717, 1.165) is 19.2 Å². The van der Waals surface area contributed by atoms with Crippen LogP contribution in [-0.4, -0.2) is 19.7 Å². The van der Waals surface area contributed by atoms with Gasteiger partial charge in [0, 0.05) is 5.56 Å². The summed E-state index contributed by atoms with van der Waals surface area (Å²) in [5.74, 6) is -4.75. The van der Waals surface area contributed by atoms with Gasteiger partial charge in [-0.25, -0.2) is 13.6 Å². The van der Waals surface area contributed by atoms with E-state index >= 15 is 0 Å². The maximum atomic E-state index is 14.8. The van der Waals surface area contributed by atoms with Crippen LogP contribution in [0.25, 0.3) is 0 Å². The van der Waals surface area contributed by atoms with Crippen LogP contribution in [0.2, 0.25) is 0 Å². The Bertz CT molecular complexity index is 825. The smallest absolute Gasteiger partial charge is 0.338 e. The zero-order valence-corrected chi connectivity index (χ0v) is 13.9. The van der Waals surface area contributed by atoms with Gasteiger partial charge in [-0.3, -0.25) is 0 Å². The van der Waals surface area contributed by atoms with Crippen LogP contribution in [0.5, 0.6) is 5.75 Å². The first-order chi connectivity index (χ1) is 11.9. The summed E-state index contributed by atoms with van der Waals surface area (Å²) < 4.78 is 43.4. The normalized spacial score (nSPS) is 17.0. The maximum absolute atomic E-state index is 14.8. The lowest BCUT2D eigenvalue weighted by Crippen LogP contribution is -2.26. The lowest BCUT2D eigenvalue weighted by molar-refractivity contribution is -0.139. The van der Waals surface area contributed by atoms with Crippen LogP contribution < -0.4 is 10.5 Å². The quantitative estimate of drug-likeness (QED) is 0.839. The van der Waals surface area contributed by atoms with E-state index < -0.39 is 29.3 Å². The standard InChI is InChI=1S/C17H16F2N2O4/c1-4-24-17(22)12-8(2)25-16(21)10(7-20)13(12)9-5-6-11(18)15(23-3)14(9)19/h5-6,13H,4,21H2,1-3H3. The largest absolute Gasteiger partial charge is 0.491 e. The first-order valence-corrected chi connectivity index (χ1v) is 7.34. The Labute approximate surface area is 143 Å². The van der Waals surface area contributed by atoms with E-state index in [4.69, 9.17) is 19.9 Å². The fourth-order valence-corrected chi connectivity index (χ4v) is 2.62. The van der Waals surface area contributed by atoms with Gasteiger partial charge in [-0.2, -0.15) is 5.26 Å². The number of benzene rings is 1. The Balaban J connectivity index is 2.74. The van der Waals surface area contributed by atoms with E-state index in [-0.39, 0.29) is 35.0 Å². The van der Waals surface area contributed by atoms with Gasteiger partial charge in [-0.05, 0) is 19.9 Å². The number of rotatable bonds is 4. The number of ether oxygens (including phenoxy) is 3. The second-order valence-electron chi connectivity index (χ2n) is 5.10. The zero-order valence-electron chi connectivity index (χ0n) is 13.9. The molecule has 0 aliphatic carbocycles. The number of nitrogens with zero attached hydrogens (tertiary/aromatic N) is 1. The first-order valence-electron chi connectivity index (χ1n) is 7.34. The Morgan fingerprint density at radius 1 is 1.44 bits per heavy atom. The molecule has 1 aromatic rings. The lowest BCUT2D eigenvalue weighted by atomic mass is 9.82. The number of nitriles is 1. The average Bonchev–Trinajstić information content (AvgIpc) is 2.55. The molecule has 0 spiro atoms. The Kier molecular flexibility index (Phi) is 5.27. The van der Waals surface area contributed by atoms with Gasteiger partial charge in [-0.1, -0.05) is 6.07 Å². The Morgan fingerprint density at radius 2 is 2.12 bits per heavy atom. The summed E-state index contributed by atoms with van der Waals surface area (Å²) in [5, 5.41) is 9.41. The van der Waals surface area contributed by atoms with Crippen molar-refractivity contribution in [2.75, 3.05) is 13.7 Å². The summed E-state index contributed by atoms with van der Waals surface area (Å²) in [6.07, 6.45) is 0. The fraction of sp³-hybridized carbons (Fsp3) is 0.294. The first kappa shape index (κ1) is 18.3. The third-order valence-corrected chi connectivity index (χ3v) is 3.70. The summed E-state index contributed by atoms with van der Waals surface area (Å²) in [6, 6.07) is 3.92. The minimum atomic E-state index is -1.20. The van der Waals surface area contributed by atoms with Gasteiger partial charge in [0.25, 0.3) is 0 Å². The monoisotopic (exact) mass is 350 g/mol. The molecule has 1 atom stereocenters. The molecule has 132 valence electrons. The molecule has 1 unspecified atom stereocenters. The van der Waals surface area contributed by atoms with Gasteiger partial charge in [-0.15, -0.1) is 0 Å². The number of carbonyl (C=O) groups excluding carboxylic acids is 1. The van der Waals surface area contributed by atoms with Crippen LogP contribution in [0.4, 0.5) is 8.78 Å². The molecule has 1 aliphatic heterocycles. The molecule has 8 heteroatoms. The molecule has 0 radical (unpaired) electrons. The van der Waals surface area contributed by atoms with Gasteiger partial charge in [0.2, 0.25) is 5.88 Å². The molecule has 25 heavy (non-hydrogen) atoms. The molecule has 1 aromatic carbocycles. The van der Waals surface area contributed by atoms with Crippen molar-refractivity contribution in [3.05, 3.63) is 52.1 Å². The number of halogens is 2. The average molecular weight is 350 g/mol. The third-order valence-electron chi connectivity index (χ3n) is 3.70. The topological polar surface area (TPSA) is 94.6 Å². The van der Waals surface area contributed by atoms with E-state index in [2.05, 4.69) is 0 Å². The molecule has 0 saturated carbocycles. The highest BCUT2D eigenvalue weighted by Crippen LogP contribution is 2.42. The summed E-state index contributed by atoms with van der Waals surface area (Å²) in [5.41, 5.74) is 5.30. The van der Waals surface area contributed by atoms with Crippen LogP contribution in [-0.2, 0) is 14.3 Å². The second kappa shape index (κ2) is 7.21. The maximum Gasteiger partial charge on any atom is 0.338 e. The minimum Gasteiger partial charge on any atom is -0.491 e. The van der Waals surface area contributed by atoms with Crippen LogP contribution in [0.3, 0.4) is 0 Å². The van der Waals surface area contributed by atoms with Crippen molar-refractivity contribution < 1.29 is 27.8 Å². The molecule has 0 saturated heterocycles. The summed E-state index contributed by atoms with van der Waals surface area (Å²) in [7, 11) is 1.11. The fourth-order valence-electron chi connectivity index (χ4n) is 2.62. The molecular formula is C17H16F2N2O4. The van der Waals surface area contributed by atoms with E-state index in [9.17, 15) is 18.8 Å². The van der Waals surface area contributed by atoms with Crippen molar-refractivity contribution in [1.82, 2.24) is 0 Å². The highest BCUT2D eigenvalue weighted by atomic mass is 19.1. The lowest BCUT2D eigenvalue weighted by Gasteiger charge is -2.27. The number of allylic oxidation sites excluding steroid dienone is 2. The van der Waals surface area contributed by atoms with Crippen molar-refractivity contribution in [2.45, 2.75) is 19.8 Å². The van der Waals surface area contributed by atoms with Crippen LogP contribution >= 0.6 is 0 Å². The number of hydrogen-bond acceptors (Lipinski definition) is 6. The molecule has 0 aromatic heterocycles. The van der Waals surface area contributed by atoms with E-state index in [1.807, 2.05) is 6.07 Å². The minimum absolute atomic E-state index is 0.0681. The van der Waals surface area contributed by atoms with Crippen molar-refractivity contribution in [2.24, 2.45) is 5.73 Å². The van der Waals surface area contributed by atoms with E-state index in [1.165, 1.54) is 6.92 Å². The number of carbonyl (C=O) groups is 1. The van der Waals surface area contributed by atoms with Crippen molar-refractivity contribution in [3.8, 4) is 11.8 Å². The molecule has 0 fully saturated rings. The van der Waals surface area contributed by atoms with Gasteiger partial charge in [0.05, 0.1) is 25.2 Å². The summed E-state index contributed by atoms with van der Waals surface area (Å²) >= 11 is 0. The van der Waals surface area contributed by atoms with E-state index in [0.29, 0.717) is 0 Å². The number of nitrogens with two attached hydrogens (primary N) is 1. The van der Waals surface area contributed by atoms with Crippen molar-refractivity contribution in [1.29, 1.82) is 5.26 Å². The molecule has 0 bridgehead atoms. The number of esters is 1. The number of methoxy groups -OCH3 is 1. The molecule has 1 heterocycles. The van der Waals surface area contributed by atoms with Gasteiger partial charge >= 0.3 is 5.97 Å². The van der Waals surface area contributed by atoms with Crippen LogP contribution in [0, 0.1) is 23.0 Å². The van der Waals surface area contributed by atoms with Crippen LogP contribution in [0.15, 0.2) is 34.9 Å². The summed E-state index contributed by atoms with van der Waals surface area (Å²) in [6.45, 7) is 3.11. The number of hydrogen-bond donors (Lipinski definition) is 1. The molecule has 2 N–H and O–H groups in total.